The number of likely N-dealkylation sites (tertiary alicyclic amines) is 1. The molecule has 1 aliphatic rings. The first-order chi connectivity index (χ1) is 10.8. The average Bonchev–Trinajstić information content (AvgIpc) is 2.99. The topological polar surface area (TPSA) is 102 Å². The van der Waals surface area contributed by atoms with Crippen LogP contribution in [-0.2, 0) is 4.79 Å². The molecule has 1 aliphatic heterocycles. The average molecular weight is 333 g/mol. The van der Waals surface area contributed by atoms with E-state index in [4.69, 9.17) is 0 Å². The molecular formula is C12H10F3N3O5. The van der Waals surface area contributed by atoms with Gasteiger partial charge in [0, 0.05) is 19.2 Å². The second-order valence-corrected chi connectivity index (χ2v) is 4.74. The number of rotatable bonds is 5. The maximum absolute atomic E-state index is 13.8. The van der Waals surface area contributed by atoms with E-state index in [0.29, 0.717) is 18.9 Å². The minimum atomic E-state index is -4.35. The van der Waals surface area contributed by atoms with Crippen LogP contribution in [0.2, 0.25) is 0 Å². The predicted octanol–water partition coefficient (Wildman–Crippen LogP) is 2.73. The number of carbonyl (C=O) groups is 1. The standard InChI is InChI=1S/C12H10F3N3O5/c13-7-5-10(8(16-20)6-9(7)18(21)22)23-12(14,15)11(19)17-3-1-2-4-17/h5-6H,1-4H2. The molecule has 1 saturated heterocycles. The van der Waals surface area contributed by atoms with E-state index in [0.717, 1.165) is 4.90 Å². The Kier molecular flexibility index (Phi) is 4.48. The summed E-state index contributed by atoms with van der Waals surface area (Å²) in [5, 5.41) is 12.8. The normalized spacial score (nSPS) is 14.7. The van der Waals surface area contributed by atoms with Crippen LogP contribution in [0.1, 0.15) is 12.8 Å². The number of nitrogens with zero attached hydrogens (tertiary/aromatic N) is 3. The number of nitro groups is 1. The van der Waals surface area contributed by atoms with Crippen molar-refractivity contribution >= 4 is 17.3 Å². The van der Waals surface area contributed by atoms with Crippen LogP contribution in [0.3, 0.4) is 0 Å². The van der Waals surface area contributed by atoms with Crippen molar-refractivity contribution in [1.82, 2.24) is 4.90 Å². The van der Waals surface area contributed by atoms with Crippen LogP contribution in [0, 0.1) is 20.8 Å². The van der Waals surface area contributed by atoms with Crippen molar-refractivity contribution in [1.29, 1.82) is 0 Å². The second-order valence-electron chi connectivity index (χ2n) is 4.74. The highest BCUT2D eigenvalue weighted by Crippen LogP contribution is 2.37. The molecule has 0 saturated carbocycles. The lowest BCUT2D eigenvalue weighted by atomic mass is 10.2. The fourth-order valence-electron chi connectivity index (χ4n) is 2.11. The molecule has 23 heavy (non-hydrogen) atoms. The van der Waals surface area contributed by atoms with E-state index in [-0.39, 0.29) is 19.2 Å². The van der Waals surface area contributed by atoms with Crippen molar-refractivity contribution < 1.29 is 27.6 Å². The molecule has 1 aromatic rings. The van der Waals surface area contributed by atoms with Crippen LogP contribution in [0.4, 0.5) is 24.5 Å². The van der Waals surface area contributed by atoms with Gasteiger partial charge in [-0.15, -0.1) is 4.91 Å². The highest BCUT2D eigenvalue weighted by atomic mass is 19.3. The first-order valence-corrected chi connectivity index (χ1v) is 6.44. The van der Waals surface area contributed by atoms with Crippen molar-refractivity contribution in [2.24, 2.45) is 5.18 Å². The van der Waals surface area contributed by atoms with Crippen molar-refractivity contribution in [3.63, 3.8) is 0 Å². The zero-order valence-corrected chi connectivity index (χ0v) is 11.5. The number of alkyl halides is 2. The van der Waals surface area contributed by atoms with Gasteiger partial charge in [0.05, 0.1) is 11.0 Å². The monoisotopic (exact) mass is 333 g/mol. The third-order valence-corrected chi connectivity index (χ3v) is 3.20. The van der Waals surface area contributed by atoms with Crippen LogP contribution in [0.25, 0.3) is 0 Å². The Labute approximate surface area is 126 Å². The fraction of sp³-hybridized carbons (Fsp3) is 0.417. The lowest BCUT2D eigenvalue weighted by Crippen LogP contribution is -2.45. The Bertz CT molecular complexity index is 662. The molecule has 0 bridgehead atoms. The molecule has 0 N–H and O–H groups in total. The SMILES string of the molecule is O=Nc1cc([N+](=O)[O-])c(F)cc1OC(F)(F)C(=O)N1CCCC1. The molecule has 0 aliphatic carbocycles. The van der Waals surface area contributed by atoms with E-state index in [9.17, 15) is 33.0 Å². The Hall–Kier alpha value is -2.72. The summed E-state index contributed by atoms with van der Waals surface area (Å²) in [6.07, 6.45) is -3.23. The van der Waals surface area contributed by atoms with Gasteiger partial charge in [-0.1, -0.05) is 0 Å². The van der Waals surface area contributed by atoms with Gasteiger partial charge in [0.1, 0.15) is 0 Å². The number of nitroso groups, excluding NO2 is 1. The largest absolute Gasteiger partial charge is 0.482 e. The third kappa shape index (κ3) is 3.38. The number of amides is 1. The zero-order valence-electron chi connectivity index (χ0n) is 11.5. The third-order valence-electron chi connectivity index (χ3n) is 3.20. The summed E-state index contributed by atoms with van der Waals surface area (Å²) in [4.78, 5) is 32.5. The first-order valence-electron chi connectivity index (χ1n) is 6.44. The van der Waals surface area contributed by atoms with Gasteiger partial charge in [-0.3, -0.25) is 14.9 Å². The van der Waals surface area contributed by atoms with E-state index >= 15 is 0 Å². The zero-order chi connectivity index (χ0) is 17.2. The van der Waals surface area contributed by atoms with Crippen molar-refractivity contribution in [2.45, 2.75) is 19.0 Å². The number of nitro benzene ring substituents is 1. The van der Waals surface area contributed by atoms with Crippen LogP contribution >= 0.6 is 0 Å². The second kappa shape index (κ2) is 6.18. The van der Waals surface area contributed by atoms with E-state index in [1.54, 1.807) is 0 Å². The maximum atomic E-state index is 13.8. The molecule has 0 aromatic heterocycles. The molecule has 1 aromatic carbocycles. The smallest absolute Gasteiger partial charge is 0.423 e. The van der Waals surface area contributed by atoms with Crippen molar-refractivity contribution in [3.05, 3.63) is 33.0 Å². The molecule has 0 unspecified atom stereocenters. The Morgan fingerprint density at radius 3 is 2.48 bits per heavy atom. The van der Waals surface area contributed by atoms with E-state index < -0.39 is 39.9 Å². The Morgan fingerprint density at radius 2 is 1.96 bits per heavy atom. The molecule has 1 fully saturated rings. The number of ether oxygens (including phenoxy) is 1. The number of benzene rings is 1. The van der Waals surface area contributed by atoms with Gasteiger partial charge in [-0.05, 0) is 18.0 Å². The molecule has 11 heteroatoms. The molecule has 0 spiro atoms. The van der Waals surface area contributed by atoms with Gasteiger partial charge >= 0.3 is 17.7 Å². The summed E-state index contributed by atoms with van der Waals surface area (Å²) in [6, 6.07) is 0.577. The number of carbonyl (C=O) groups excluding carboxylic acids is 1. The Morgan fingerprint density at radius 1 is 1.35 bits per heavy atom. The van der Waals surface area contributed by atoms with E-state index in [1.807, 2.05) is 0 Å². The van der Waals surface area contributed by atoms with Crippen LogP contribution in [0.5, 0.6) is 5.75 Å². The highest BCUT2D eigenvalue weighted by molar-refractivity contribution is 5.82. The summed E-state index contributed by atoms with van der Waals surface area (Å²) in [5.74, 6) is -4.19. The summed E-state index contributed by atoms with van der Waals surface area (Å²) in [7, 11) is 0. The molecular weight excluding hydrogens is 323 g/mol. The predicted molar refractivity (Wildman–Crippen MR) is 69.9 cm³/mol. The first kappa shape index (κ1) is 16.6. The van der Waals surface area contributed by atoms with Gasteiger partial charge in [0.15, 0.2) is 11.4 Å². The molecule has 0 atom stereocenters. The molecule has 124 valence electrons. The number of hydrogen-bond acceptors (Lipinski definition) is 6. The van der Waals surface area contributed by atoms with Gasteiger partial charge < -0.3 is 9.64 Å². The van der Waals surface area contributed by atoms with Gasteiger partial charge in [0.2, 0.25) is 5.82 Å². The van der Waals surface area contributed by atoms with Gasteiger partial charge in [-0.25, -0.2) is 0 Å². The fourth-order valence-corrected chi connectivity index (χ4v) is 2.11. The number of halogens is 3. The summed E-state index contributed by atoms with van der Waals surface area (Å²) >= 11 is 0. The quantitative estimate of drug-likeness (QED) is 0.468. The molecule has 1 amide bonds. The lowest BCUT2D eigenvalue weighted by molar-refractivity contribution is -0.387. The van der Waals surface area contributed by atoms with Gasteiger partial charge in [-0.2, -0.15) is 13.2 Å². The molecule has 2 rings (SSSR count). The van der Waals surface area contributed by atoms with Crippen molar-refractivity contribution in [2.75, 3.05) is 13.1 Å². The summed E-state index contributed by atoms with van der Waals surface area (Å²) in [5.41, 5.74) is -2.03. The lowest BCUT2D eigenvalue weighted by Gasteiger charge is -2.22. The minimum absolute atomic E-state index is 0.130. The highest BCUT2D eigenvalue weighted by Gasteiger charge is 2.46. The maximum Gasteiger partial charge on any atom is 0.482 e. The van der Waals surface area contributed by atoms with Crippen molar-refractivity contribution in [3.8, 4) is 5.75 Å². The minimum Gasteiger partial charge on any atom is -0.423 e. The molecule has 8 nitrogen and oxygen atoms in total. The van der Waals surface area contributed by atoms with Gasteiger partial charge in [0.25, 0.3) is 0 Å². The summed E-state index contributed by atoms with van der Waals surface area (Å²) in [6.45, 7) is 0.260. The van der Waals surface area contributed by atoms with Crippen LogP contribution < -0.4 is 4.74 Å². The van der Waals surface area contributed by atoms with Crippen LogP contribution in [-0.4, -0.2) is 34.9 Å². The van der Waals surface area contributed by atoms with E-state index in [1.165, 1.54) is 0 Å². The van der Waals surface area contributed by atoms with Crippen LogP contribution in [0.15, 0.2) is 17.3 Å². The molecule has 0 radical (unpaired) electrons. The molecule has 1 heterocycles. The Balaban J connectivity index is 2.30. The summed E-state index contributed by atoms with van der Waals surface area (Å²) < 4.78 is 45.3. The van der Waals surface area contributed by atoms with E-state index in [2.05, 4.69) is 9.91 Å². The number of hydrogen-bond donors (Lipinski definition) is 0.